The van der Waals surface area contributed by atoms with Crippen molar-refractivity contribution in [2.45, 2.75) is 18.9 Å². The molecule has 1 atom stereocenters. The largest absolute Gasteiger partial charge is 0.370 e. The first-order valence-corrected chi connectivity index (χ1v) is 7.66. The zero-order chi connectivity index (χ0) is 15.2. The fraction of sp³-hybridized carbons (Fsp3) is 0.333. The van der Waals surface area contributed by atoms with Gasteiger partial charge >= 0.3 is 0 Å². The van der Waals surface area contributed by atoms with Crippen LogP contribution < -0.4 is 0 Å². The van der Waals surface area contributed by atoms with Crippen molar-refractivity contribution < 1.29 is 9.53 Å². The fourth-order valence-corrected chi connectivity index (χ4v) is 2.71. The highest BCUT2D eigenvalue weighted by atomic mass is 16.5. The van der Waals surface area contributed by atoms with Crippen molar-refractivity contribution >= 4 is 5.91 Å². The van der Waals surface area contributed by atoms with Crippen molar-refractivity contribution in [1.29, 1.82) is 0 Å². The van der Waals surface area contributed by atoms with Crippen LogP contribution in [0.1, 0.15) is 23.7 Å². The molecule has 0 radical (unpaired) electrons. The normalized spacial score (nSPS) is 18.2. The Morgan fingerprint density at radius 1 is 1.18 bits per heavy atom. The number of pyridine rings is 1. The molecule has 2 aromatic rings. The Morgan fingerprint density at radius 3 is 2.73 bits per heavy atom. The number of amides is 1. The van der Waals surface area contributed by atoms with E-state index >= 15 is 0 Å². The van der Waals surface area contributed by atoms with E-state index in [1.165, 1.54) is 5.56 Å². The van der Waals surface area contributed by atoms with Crippen LogP contribution in [0.15, 0.2) is 54.9 Å². The molecule has 1 aliphatic heterocycles. The van der Waals surface area contributed by atoms with Crippen LogP contribution in [0.4, 0.5) is 0 Å². The van der Waals surface area contributed by atoms with E-state index in [2.05, 4.69) is 17.1 Å². The molecule has 0 unspecified atom stereocenters. The monoisotopic (exact) mass is 296 g/mol. The van der Waals surface area contributed by atoms with E-state index in [0.29, 0.717) is 26.1 Å². The zero-order valence-electron chi connectivity index (χ0n) is 12.5. The number of aromatic nitrogens is 1. The Hall–Kier alpha value is -2.20. The predicted octanol–water partition coefficient (Wildman–Crippen LogP) is 2.61. The van der Waals surface area contributed by atoms with Crippen molar-refractivity contribution in [3.63, 3.8) is 0 Å². The van der Waals surface area contributed by atoms with Crippen LogP contribution >= 0.6 is 0 Å². The van der Waals surface area contributed by atoms with Crippen molar-refractivity contribution in [3.05, 3.63) is 66.0 Å². The molecule has 1 aliphatic rings. The van der Waals surface area contributed by atoms with E-state index in [1.807, 2.05) is 35.2 Å². The lowest BCUT2D eigenvalue weighted by Crippen LogP contribution is -2.42. The molecule has 4 nitrogen and oxygen atoms in total. The maximum absolute atomic E-state index is 12.4. The summed E-state index contributed by atoms with van der Waals surface area (Å²) in [5.74, 6) is 0.200. The number of carbonyl (C=O) groups is 1. The second-order valence-corrected chi connectivity index (χ2v) is 5.47. The SMILES string of the molecule is O=C(CCc1ccccc1)N1CCO[C@@H](c2ccncc2)C1. The maximum Gasteiger partial charge on any atom is 0.223 e. The summed E-state index contributed by atoms with van der Waals surface area (Å²) in [7, 11) is 0. The number of hydrogen-bond acceptors (Lipinski definition) is 3. The summed E-state index contributed by atoms with van der Waals surface area (Å²) in [4.78, 5) is 18.3. The smallest absolute Gasteiger partial charge is 0.223 e. The topological polar surface area (TPSA) is 42.4 Å². The van der Waals surface area contributed by atoms with Gasteiger partial charge in [0.15, 0.2) is 0 Å². The first kappa shape index (κ1) is 14.7. The number of nitrogens with zero attached hydrogens (tertiary/aromatic N) is 2. The number of aryl methyl sites for hydroxylation is 1. The molecule has 0 saturated carbocycles. The number of benzene rings is 1. The zero-order valence-corrected chi connectivity index (χ0v) is 12.5. The minimum absolute atomic E-state index is 0.0441. The van der Waals surface area contributed by atoms with Gasteiger partial charge in [-0.2, -0.15) is 0 Å². The number of ether oxygens (including phenoxy) is 1. The molecule has 0 bridgehead atoms. The van der Waals surface area contributed by atoms with Gasteiger partial charge in [0.25, 0.3) is 0 Å². The quantitative estimate of drug-likeness (QED) is 0.871. The number of carbonyl (C=O) groups excluding carboxylic acids is 1. The summed E-state index contributed by atoms with van der Waals surface area (Å²) in [6, 6.07) is 14.0. The van der Waals surface area contributed by atoms with Crippen LogP contribution in [0.2, 0.25) is 0 Å². The van der Waals surface area contributed by atoms with Gasteiger partial charge in [-0.25, -0.2) is 0 Å². The summed E-state index contributed by atoms with van der Waals surface area (Å²) in [6.45, 7) is 1.89. The summed E-state index contributed by atoms with van der Waals surface area (Å²) in [5, 5.41) is 0. The van der Waals surface area contributed by atoms with Crippen molar-refractivity contribution in [1.82, 2.24) is 9.88 Å². The Bertz CT molecular complexity index is 601. The summed E-state index contributed by atoms with van der Waals surface area (Å²) >= 11 is 0. The number of rotatable bonds is 4. The molecule has 0 spiro atoms. The fourth-order valence-electron chi connectivity index (χ4n) is 2.71. The van der Waals surface area contributed by atoms with Crippen molar-refractivity contribution in [2.75, 3.05) is 19.7 Å². The van der Waals surface area contributed by atoms with E-state index < -0.39 is 0 Å². The van der Waals surface area contributed by atoms with E-state index in [-0.39, 0.29) is 12.0 Å². The van der Waals surface area contributed by atoms with Gasteiger partial charge in [0.2, 0.25) is 5.91 Å². The first-order valence-electron chi connectivity index (χ1n) is 7.66. The Balaban J connectivity index is 1.56. The summed E-state index contributed by atoms with van der Waals surface area (Å²) in [6.07, 6.45) is 4.81. The lowest BCUT2D eigenvalue weighted by molar-refractivity contribution is -0.139. The van der Waals surface area contributed by atoms with Gasteiger partial charge in [0, 0.05) is 25.4 Å². The highest BCUT2D eigenvalue weighted by Crippen LogP contribution is 2.22. The van der Waals surface area contributed by atoms with Gasteiger partial charge < -0.3 is 9.64 Å². The predicted molar refractivity (Wildman–Crippen MR) is 84.3 cm³/mol. The molecule has 1 fully saturated rings. The van der Waals surface area contributed by atoms with Crippen LogP contribution in [-0.4, -0.2) is 35.5 Å². The lowest BCUT2D eigenvalue weighted by Gasteiger charge is -2.33. The third-order valence-corrected chi connectivity index (χ3v) is 3.97. The second-order valence-electron chi connectivity index (χ2n) is 5.47. The molecule has 4 heteroatoms. The van der Waals surface area contributed by atoms with Crippen LogP contribution in [0.3, 0.4) is 0 Å². The molecular formula is C18H20N2O2. The maximum atomic E-state index is 12.4. The van der Waals surface area contributed by atoms with Crippen LogP contribution in [0.5, 0.6) is 0 Å². The van der Waals surface area contributed by atoms with E-state index in [1.54, 1.807) is 12.4 Å². The van der Waals surface area contributed by atoms with Gasteiger partial charge in [-0.1, -0.05) is 30.3 Å². The van der Waals surface area contributed by atoms with Crippen LogP contribution in [-0.2, 0) is 16.0 Å². The van der Waals surface area contributed by atoms with E-state index in [0.717, 1.165) is 12.0 Å². The highest BCUT2D eigenvalue weighted by molar-refractivity contribution is 5.76. The molecule has 1 aromatic heterocycles. The summed E-state index contributed by atoms with van der Waals surface area (Å²) < 4.78 is 5.79. The third-order valence-electron chi connectivity index (χ3n) is 3.97. The molecule has 3 rings (SSSR count). The first-order chi connectivity index (χ1) is 10.8. The lowest BCUT2D eigenvalue weighted by atomic mass is 10.1. The van der Waals surface area contributed by atoms with Gasteiger partial charge in [0.05, 0.1) is 13.2 Å². The average molecular weight is 296 g/mol. The molecular weight excluding hydrogens is 276 g/mol. The summed E-state index contributed by atoms with van der Waals surface area (Å²) in [5.41, 5.74) is 2.28. The molecule has 22 heavy (non-hydrogen) atoms. The Morgan fingerprint density at radius 2 is 1.95 bits per heavy atom. The Kier molecular flexibility index (Phi) is 4.81. The molecule has 1 saturated heterocycles. The van der Waals surface area contributed by atoms with Gasteiger partial charge in [-0.3, -0.25) is 9.78 Å². The highest BCUT2D eigenvalue weighted by Gasteiger charge is 2.24. The average Bonchev–Trinajstić information content (AvgIpc) is 2.61. The molecule has 0 aliphatic carbocycles. The minimum atomic E-state index is -0.0441. The Labute approximate surface area is 130 Å². The molecule has 114 valence electrons. The second kappa shape index (κ2) is 7.18. The van der Waals surface area contributed by atoms with Gasteiger partial charge in [-0.15, -0.1) is 0 Å². The molecule has 2 heterocycles. The van der Waals surface area contributed by atoms with Crippen molar-refractivity contribution in [2.24, 2.45) is 0 Å². The van der Waals surface area contributed by atoms with E-state index in [9.17, 15) is 4.79 Å². The molecule has 0 N–H and O–H groups in total. The minimum Gasteiger partial charge on any atom is -0.370 e. The number of morpholine rings is 1. The third kappa shape index (κ3) is 3.71. The standard InChI is InChI=1S/C18H20N2O2/c21-18(7-6-15-4-2-1-3-5-15)20-12-13-22-17(14-20)16-8-10-19-11-9-16/h1-5,8-11,17H,6-7,12-14H2/t17-/m1/s1. The van der Waals surface area contributed by atoms with Crippen molar-refractivity contribution in [3.8, 4) is 0 Å². The van der Waals surface area contributed by atoms with Crippen LogP contribution in [0.25, 0.3) is 0 Å². The van der Waals surface area contributed by atoms with E-state index in [4.69, 9.17) is 4.74 Å². The van der Waals surface area contributed by atoms with Gasteiger partial charge in [0.1, 0.15) is 6.10 Å². The molecule has 1 aromatic carbocycles. The molecule has 1 amide bonds. The van der Waals surface area contributed by atoms with Gasteiger partial charge in [-0.05, 0) is 29.7 Å². The van der Waals surface area contributed by atoms with Crippen LogP contribution in [0, 0.1) is 0 Å². The number of hydrogen-bond donors (Lipinski definition) is 0.